The summed E-state index contributed by atoms with van der Waals surface area (Å²) in [4.78, 5) is 41.5. The summed E-state index contributed by atoms with van der Waals surface area (Å²) in [6.07, 6.45) is -0.336. The van der Waals surface area contributed by atoms with E-state index in [4.69, 9.17) is 14.5 Å². The molecule has 1 aliphatic heterocycles. The van der Waals surface area contributed by atoms with Gasteiger partial charge in [-0.25, -0.2) is 14.6 Å². The van der Waals surface area contributed by atoms with E-state index in [0.29, 0.717) is 5.56 Å². The molecule has 228 valence electrons. The minimum atomic E-state index is -1.57. The van der Waals surface area contributed by atoms with Crippen molar-refractivity contribution in [3.05, 3.63) is 166 Å². The number of aromatic nitrogens is 2. The predicted molar refractivity (Wildman–Crippen MR) is 169 cm³/mol. The molecular weight excluding hydrogens is 570 g/mol. The maximum absolute atomic E-state index is 14.2. The molecule has 5 aromatic rings. The Morgan fingerprint density at radius 1 is 0.889 bits per heavy atom. The van der Waals surface area contributed by atoms with E-state index in [2.05, 4.69) is 10.3 Å². The molecule has 1 fully saturated rings. The number of rotatable bonds is 10. The number of hydrogen-bond acceptors (Lipinski definition) is 7. The largest absolute Gasteiger partial charge is 0.390 e. The van der Waals surface area contributed by atoms with Crippen LogP contribution in [0, 0.1) is 0 Å². The quantitative estimate of drug-likeness (QED) is 0.133. The van der Waals surface area contributed by atoms with E-state index < -0.39 is 34.9 Å². The molecule has 1 aliphatic rings. The van der Waals surface area contributed by atoms with Crippen molar-refractivity contribution in [3.8, 4) is 0 Å². The molecule has 0 aliphatic carbocycles. The van der Waals surface area contributed by atoms with Gasteiger partial charge in [0.05, 0.1) is 18.6 Å². The zero-order valence-electron chi connectivity index (χ0n) is 24.7. The molecule has 0 radical (unpaired) electrons. The van der Waals surface area contributed by atoms with Crippen molar-refractivity contribution in [1.29, 1.82) is 0 Å². The van der Waals surface area contributed by atoms with E-state index in [-0.39, 0.29) is 18.8 Å². The van der Waals surface area contributed by atoms with E-state index in [9.17, 15) is 14.7 Å². The summed E-state index contributed by atoms with van der Waals surface area (Å²) in [5, 5.41) is 14.3. The van der Waals surface area contributed by atoms with E-state index >= 15 is 0 Å². The van der Waals surface area contributed by atoms with Crippen LogP contribution in [0.2, 0.25) is 0 Å². The van der Waals surface area contributed by atoms with Gasteiger partial charge in [-0.3, -0.25) is 9.36 Å². The summed E-state index contributed by atoms with van der Waals surface area (Å²) >= 11 is 0. The van der Waals surface area contributed by atoms with Gasteiger partial charge >= 0.3 is 5.69 Å². The molecule has 2 N–H and O–H groups in total. The van der Waals surface area contributed by atoms with E-state index in [1.54, 1.807) is 36.5 Å². The molecule has 4 aromatic carbocycles. The van der Waals surface area contributed by atoms with Crippen LogP contribution in [0.25, 0.3) is 0 Å². The summed E-state index contributed by atoms with van der Waals surface area (Å²) in [5.41, 5.74) is -0.499. The minimum Gasteiger partial charge on any atom is -0.390 e. The lowest BCUT2D eigenvalue weighted by Gasteiger charge is -2.50. The van der Waals surface area contributed by atoms with Gasteiger partial charge in [0, 0.05) is 18.2 Å². The molecule has 1 amide bonds. The van der Waals surface area contributed by atoms with Gasteiger partial charge in [-0.05, 0) is 34.9 Å². The van der Waals surface area contributed by atoms with Gasteiger partial charge in [-0.2, -0.15) is 4.98 Å². The minimum absolute atomic E-state index is 0.000726. The molecule has 3 atom stereocenters. The molecule has 1 aromatic heterocycles. The fraction of sp³-hybridized carbons (Fsp3) is 0.194. The maximum atomic E-state index is 14.2. The molecule has 1 saturated heterocycles. The highest BCUT2D eigenvalue weighted by Gasteiger charge is 2.63. The van der Waals surface area contributed by atoms with Gasteiger partial charge in [0.15, 0.2) is 5.72 Å². The second-order valence-corrected chi connectivity index (χ2v) is 10.8. The number of ether oxygens (including phenoxy) is 1. The summed E-state index contributed by atoms with van der Waals surface area (Å²) in [7, 11) is 1.38. The number of benzene rings is 4. The third kappa shape index (κ3) is 5.47. The lowest BCUT2D eigenvalue weighted by molar-refractivity contribution is -0.295. The number of aliphatic hydroxyl groups excluding tert-OH is 1. The Hall–Kier alpha value is -4.93. The number of aliphatic hydroxyl groups is 1. The monoisotopic (exact) mass is 603 g/mol. The van der Waals surface area contributed by atoms with E-state index in [1.807, 2.05) is 97.1 Å². The Balaban J connectivity index is 1.61. The van der Waals surface area contributed by atoms with Crippen molar-refractivity contribution < 1.29 is 24.4 Å². The number of anilines is 1. The zero-order valence-corrected chi connectivity index (χ0v) is 24.7. The first-order valence-electron chi connectivity index (χ1n) is 14.6. The maximum Gasteiger partial charge on any atom is 0.351 e. The number of amides is 1. The molecule has 45 heavy (non-hydrogen) atoms. The fourth-order valence-electron chi connectivity index (χ4n) is 6.42. The van der Waals surface area contributed by atoms with Crippen molar-refractivity contribution in [2.24, 2.45) is 0 Å². The number of carbonyl (C=O) groups is 1. The Labute approximate surface area is 260 Å². The topological polar surface area (TPSA) is 112 Å². The van der Waals surface area contributed by atoms with Gasteiger partial charge in [0.25, 0.3) is 5.91 Å². The molecule has 9 nitrogen and oxygen atoms in total. The molecular formula is C36H33N3O6. The van der Waals surface area contributed by atoms with Crippen molar-refractivity contribution in [2.45, 2.75) is 29.8 Å². The number of nitrogens with one attached hydrogen (secondary N) is 1. The second kappa shape index (κ2) is 13.0. The van der Waals surface area contributed by atoms with Crippen LogP contribution in [-0.4, -0.2) is 46.5 Å². The summed E-state index contributed by atoms with van der Waals surface area (Å²) in [6.45, 7) is -0.0821. The Bertz CT molecular complexity index is 1690. The van der Waals surface area contributed by atoms with Crippen molar-refractivity contribution in [2.75, 3.05) is 19.0 Å². The van der Waals surface area contributed by atoms with Gasteiger partial charge in [0.1, 0.15) is 18.5 Å². The van der Waals surface area contributed by atoms with E-state index in [0.717, 1.165) is 16.7 Å². The van der Waals surface area contributed by atoms with Crippen LogP contribution in [0.4, 0.5) is 5.82 Å². The first-order valence-corrected chi connectivity index (χ1v) is 14.6. The number of carbonyl (C=O) groups excluding carboxylic acids is 1. The lowest BCUT2D eigenvalue weighted by atomic mass is 9.61. The molecule has 0 unspecified atom stereocenters. The van der Waals surface area contributed by atoms with Crippen LogP contribution < -0.4 is 11.0 Å². The molecule has 0 bridgehead atoms. The average Bonchev–Trinajstić information content (AvgIpc) is 3.42. The molecule has 9 heteroatoms. The third-order valence-electron chi connectivity index (χ3n) is 8.29. The fourth-order valence-corrected chi connectivity index (χ4v) is 6.42. The smallest absolute Gasteiger partial charge is 0.351 e. The van der Waals surface area contributed by atoms with Crippen molar-refractivity contribution in [1.82, 2.24) is 9.55 Å². The van der Waals surface area contributed by atoms with Crippen molar-refractivity contribution >= 4 is 11.7 Å². The molecule has 2 heterocycles. The van der Waals surface area contributed by atoms with Crippen LogP contribution >= 0.6 is 0 Å². The SMILES string of the molecule is COOC[C@H]1O[C@](n2ccc(NC(=O)c3ccccc3)nc2=O)(C(c2ccccc2)(c2ccccc2)c2ccccc2)C[C@@H]1O. The number of hydrogen-bond donors (Lipinski definition) is 2. The summed E-state index contributed by atoms with van der Waals surface area (Å²) in [6, 6.07) is 39.6. The third-order valence-corrected chi connectivity index (χ3v) is 8.29. The predicted octanol–water partition coefficient (Wildman–Crippen LogP) is 4.91. The van der Waals surface area contributed by atoms with E-state index in [1.165, 1.54) is 11.7 Å². The summed E-state index contributed by atoms with van der Waals surface area (Å²) < 4.78 is 8.35. The van der Waals surface area contributed by atoms with Gasteiger partial charge in [-0.1, -0.05) is 109 Å². The van der Waals surface area contributed by atoms with Crippen LogP contribution in [-0.2, 0) is 25.7 Å². The van der Waals surface area contributed by atoms with Crippen LogP contribution in [0.5, 0.6) is 0 Å². The first kappa shape index (κ1) is 30.1. The standard InChI is InChI=1S/C36H33N3O6/c1-43-44-25-31-30(40)24-35(45-31,39-23-22-32(38-34(39)42)37-33(41)26-14-6-2-7-15-26)36(27-16-8-3-9-17-27,28-18-10-4-11-19-28)29-20-12-5-13-21-29/h2-23,30-31,40H,24-25H2,1H3,(H,37,38,41,42)/t30-,31+,35-/m0/s1. The zero-order chi connectivity index (χ0) is 31.3. The van der Waals surface area contributed by atoms with Gasteiger partial charge in [-0.15, -0.1) is 0 Å². The second-order valence-electron chi connectivity index (χ2n) is 10.8. The highest BCUT2D eigenvalue weighted by atomic mass is 17.2. The highest BCUT2D eigenvalue weighted by Crippen LogP contribution is 2.56. The van der Waals surface area contributed by atoms with Crippen LogP contribution in [0.15, 0.2) is 138 Å². The Morgan fingerprint density at radius 3 is 1.89 bits per heavy atom. The Kier molecular flexibility index (Phi) is 8.68. The van der Waals surface area contributed by atoms with Crippen LogP contribution in [0.3, 0.4) is 0 Å². The van der Waals surface area contributed by atoms with Gasteiger partial charge in [0.2, 0.25) is 0 Å². The van der Waals surface area contributed by atoms with Gasteiger partial charge < -0.3 is 15.2 Å². The first-order chi connectivity index (χ1) is 22.0. The molecule has 0 saturated carbocycles. The molecule has 0 spiro atoms. The Morgan fingerprint density at radius 2 is 1.40 bits per heavy atom. The van der Waals surface area contributed by atoms with Crippen molar-refractivity contribution in [3.63, 3.8) is 0 Å². The lowest BCUT2D eigenvalue weighted by Crippen LogP contribution is -2.58. The highest BCUT2D eigenvalue weighted by molar-refractivity contribution is 6.03. The average molecular weight is 604 g/mol. The normalized spacial score (nSPS) is 19.7. The molecule has 6 rings (SSSR count). The number of nitrogens with zero attached hydrogens (tertiary/aromatic N) is 2. The summed E-state index contributed by atoms with van der Waals surface area (Å²) in [5.74, 6) is -0.311. The van der Waals surface area contributed by atoms with Crippen LogP contribution in [0.1, 0.15) is 33.5 Å².